The summed E-state index contributed by atoms with van der Waals surface area (Å²) in [6.45, 7) is 4.55. The van der Waals surface area contributed by atoms with Crippen molar-refractivity contribution >= 4 is 9.84 Å². The highest BCUT2D eigenvalue weighted by atomic mass is 32.2. The van der Waals surface area contributed by atoms with Gasteiger partial charge in [-0.2, -0.15) is 0 Å². The van der Waals surface area contributed by atoms with Gasteiger partial charge < -0.3 is 11.1 Å². The van der Waals surface area contributed by atoms with Crippen molar-refractivity contribution in [2.45, 2.75) is 80.7 Å². The summed E-state index contributed by atoms with van der Waals surface area (Å²) in [5.74, 6) is 1.60. The fraction of sp³-hybridized carbons (Fsp3) is 0.739. The molecule has 2 heterocycles. The third kappa shape index (κ3) is 4.19. The van der Waals surface area contributed by atoms with Gasteiger partial charge in [-0.25, -0.2) is 8.42 Å². The number of benzene rings is 1. The summed E-state index contributed by atoms with van der Waals surface area (Å²) in [5, 5.41) is 7.79. The molecule has 1 saturated heterocycles. The highest BCUT2D eigenvalue weighted by molar-refractivity contribution is 7.91. The molecule has 7 heteroatoms. The van der Waals surface area contributed by atoms with Gasteiger partial charge in [0.1, 0.15) is 0 Å². The maximum absolute atomic E-state index is 12.8. The molecule has 5 atom stereocenters. The van der Waals surface area contributed by atoms with E-state index in [-0.39, 0.29) is 17.5 Å². The van der Waals surface area contributed by atoms with E-state index in [4.69, 9.17) is 5.73 Å². The number of nitrogens with two attached hydrogens (primary N) is 1. The fourth-order valence-electron chi connectivity index (χ4n) is 5.82. The molecule has 166 valence electrons. The van der Waals surface area contributed by atoms with Crippen LogP contribution in [0.3, 0.4) is 0 Å². The largest absolute Gasteiger partial charge is 0.324 e. The quantitative estimate of drug-likeness (QED) is 0.673. The molecule has 2 saturated carbocycles. The minimum atomic E-state index is -3.22. The van der Waals surface area contributed by atoms with Gasteiger partial charge in [-0.1, -0.05) is 25.1 Å². The van der Waals surface area contributed by atoms with E-state index in [0.29, 0.717) is 36.0 Å². The smallest absolute Gasteiger partial charge is 0.179 e. The number of nitrogens with zero attached hydrogens (tertiary/aromatic N) is 1. The number of rotatable bonds is 4. The predicted molar refractivity (Wildman–Crippen MR) is 119 cm³/mol. The lowest BCUT2D eigenvalue weighted by molar-refractivity contribution is 0.0366. The van der Waals surface area contributed by atoms with E-state index < -0.39 is 9.84 Å². The lowest BCUT2D eigenvalue weighted by Gasteiger charge is -2.50. The summed E-state index contributed by atoms with van der Waals surface area (Å²) in [4.78, 5) is 2.88. The molecule has 5 rings (SSSR count). The fourth-order valence-corrected chi connectivity index (χ4v) is 7.33. The van der Waals surface area contributed by atoms with Crippen LogP contribution in [0.25, 0.3) is 0 Å². The van der Waals surface area contributed by atoms with Gasteiger partial charge in [-0.05, 0) is 62.0 Å². The van der Waals surface area contributed by atoms with Gasteiger partial charge in [-0.15, -0.1) is 0 Å². The molecule has 0 aromatic heterocycles. The molecule has 0 spiro atoms. The van der Waals surface area contributed by atoms with E-state index in [0.717, 1.165) is 37.3 Å². The average molecular weight is 433 g/mol. The Morgan fingerprint density at radius 2 is 2.03 bits per heavy atom. The zero-order valence-electron chi connectivity index (χ0n) is 18.0. The number of sulfone groups is 1. The Kier molecular flexibility index (Phi) is 5.47. The average Bonchev–Trinajstić information content (AvgIpc) is 3.48. The molecule has 4 aliphatic rings. The summed E-state index contributed by atoms with van der Waals surface area (Å²) < 4.78 is 25.6. The molecular formula is C23H36N4O2S. The predicted octanol–water partition coefficient (Wildman–Crippen LogP) is 1.85. The first-order valence-corrected chi connectivity index (χ1v) is 13.3. The van der Waals surface area contributed by atoms with Gasteiger partial charge in [0.2, 0.25) is 0 Å². The molecule has 2 aliphatic heterocycles. The maximum atomic E-state index is 12.8. The number of nitrogens with one attached hydrogen (secondary N) is 2. The summed E-state index contributed by atoms with van der Waals surface area (Å²) in [6, 6.07) is 8.47. The van der Waals surface area contributed by atoms with Crippen LogP contribution < -0.4 is 16.4 Å². The second-order valence-corrected chi connectivity index (χ2v) is 12.4. The van der Waals surface area contributed by atoms with E-state index in [2.05, 4.69) is 22.5 Å². The van der Waals surface area contributed by atoms with Gasteiger partial charge in [0.15, 0.2) is 9.84 Å². The highest BCUT2D eigenvalue weighted by Crippen LogP contribution is 2.38. The Balaban J connectivity index is 1.36. The van der Waals surface area contributed by atoms with Gasteiger partial charge in [0, 0.05) is 37.3 Å². The van der Waals surface area contributed by atoms with Crippen LogP contribution >= 0.6 is 0 Å². The van der Waals surface area contributed by atoms with Gasteiger partial charge in [0.25, 0.3) is 0 Å². The van der Waals surface area contributed by atoms with Crippen molar-refractivity contribution in [1.82, 2.24) is 15.5 Å². The zero-order valence-corrected chi connectivity index (χ0v) is 18.8. The molecule has 30 heavy (non-hydrogen) atoms. The SMILES string of the molecule is C[C@@H]1CC[C@@H]2N[C@H](N3CCS(=O)(=O)c4ccccc4C3)C[C@H](NCC3(N)CC3)[C@@H]2C1. The van der Waals surface area contributed by atoms with Crippen LogP contribution in [0.5, 0.6) is 0 Å². The van der Waals surface area contributed by atoms with Crippen molar-refractivity contribution in [3.63, 3.8) is 0 Å². The second kappa shape index (κ2) is 7.85. The van der Waals surface area contributed by atoms with E-state index in [9.17, 15) is 8.42 Å². The number of piperidine rings is 1. The summed E-state index contributed by atoms with van der Waals surface area (Å²) in [5.41, 5.74) is 7.32. The third-order valence-electron chi connectivity index (χ3n) is 7.94. The van der Waals surface area contributed by atoms with Gasteiger partial charge in [0.05, 0.1) is 16.8 Å². The second-order valence-electron chi connectivity index (χ2n) is 10.4. The molecule has 0 bridgehead atoms. The Bertz CT molecular complexity index is 885. The van der Waals surface area contributed by atoms with Crippen LogP contribution in [0.2, 0.25) is 0 Å². The molecule has 6 nitrogen and oxygen atoms in total. The number of hydrogen-bond donors (Lipinski definition) is 3. The zero-order chi connectivity index (χ0) is 20.9. The lowest BCUT2D eigenvalue weighted by atomic mass is 9.71. The lowest BCUT2D eigenvalue weighted by Crippen LogP contribution is -2.64. The van der Waals surface area contributed by atoms with Crippen molar-refractivity contribution in [2.24, 2.45) is 17.6 Å². The van der Waals surface area contributed by atoms with E-state index >= 15 is 0 Å². The molecule has 1 aromatic rings. The summed E-state index contributed by atoms with van der Waals surface area (Å²) in [7, 11) is -3.22. The first kappa shape index (κ1) is 20.9. The summed E-state index contributed by atoms with van der Waals surface area (Å²) >= 11 is 0. The molecule has 0 amide bonds. The van der Waals surface area contributed by atoms with Crippen molar-refractivity contribution in [1.29, 1.82) is 0 Å². The van der Waals surface area contributed by atoms with E-state index in [1.165, 1.54) is 19.3 Å². The minimum Gasteiger partial charge on any atom is -0.324 e. The van der Waals surface area contributed by atoms with Crippen LogP contribution in [0.4, 0.5) is 0 Å². The van der Waals surface area contributed by atoms with Gasteiger partial charge in [-0.3, -0.25) is 10.2 Å². The van der Waals surface area contributed by atoms with Crippen molar-refractivity contribution in [3.8, 4) is 0 Å². The molecule has 3 fully saturated rings. The van der Waals surface area contributed by atoms with Crippen molar-refractivity contribution in [2.75, 3.05) is 18.8 Å². The molecular weight excluding hydrogens is 396 g/mol. The monoisotopic (exact) mass is 432 g/mol. The molecule has 2 aliphatic carbocycles. The normalized spacial score (nSPS) is 37.6. The minimum absolute atomic E-state index is 0.00573. The molecule has 0 radical (unpaired) electrons. The molecule has 0 unspecified atom stereocenters. The molecule has 1 aromatic carbocycles. The van der Waals surface area contributed by atoms with Gasteiger partial charge >= 0.3 is 0 Å². The van der Waals surface area contributed by atoms with Crippen molar-refractivity contribution in [3.05, 3.63) is 29.8 Å². The van der Waals surface area contributed by atoms with Crippen molar-refractivity contribution < 1.29 is 8.42 Å². The topological polar surface area (TPSA) is 87.5 Å². The Morgan fingerprint density at radius 3 is 2.83 bits per heavy atom. The standard InChI is InChI=1S/C23H36N4O2S/c1-16-6-7-19-18(12-16)20(25-15-23(24)8-9-23)13-22(26-19)27-10-11-30(28,29)21-5-3-2-4-17(21)14-27/h2-5,16,18-20,22,25-26H,6-15,24H2,1H3/t16-,18-,19+,20+,22-/m1/s1. The number of hydrogen-bond acceptors (Lipinski definition) is 6. The van der Waals surface area contributed by atoms with Crippen LogP contribution in [-0.4, -0.2) is 55.9 Å². The Hall–Kier alpha value is -0.990. The first-order chi connectivity index (χ1) is 14.3. The van der Waals surface area contributed by atoms with Crippen LogP contribution in [0.15, 0.2) is 29.2 Å². The van der Waals surface area contributed by atoms with E-state index in [1.807, 2.05) is 18.2 Å². The van der Waals surface area contributed by atoms with E-state index in [1.54, 1.807) is 6.07 Å². The van der Waals surface area contributed by atoms with Crippen LogP contribution in [0.1, 0.15) is 51.0 Å². The highest BCUT2D eigenvalue weighted by Gasteiger charge is 2.44. The van der Waals surface area contributed by atoms with Crippen LogP contribution in [-0.2, 0) is 16.4 Å². The number of fused-ring (bicyclic) bond motifs is 2. The third-order valence-corrected chi connectivity index (χ3v) is 9.73. The summed E-state index contributed by atoms with van der Waals surface area (Å²) in [6.07, 6.45) is 7.19. The maximum Gasteiger partial charge on any atom is 0.179 e. The van der Waals surface area contributed by atoms with Crippen LogP contribution in [0, 0.1) is 11.8 Å². The molecule has 4 N–H and O–H groups in total. The first-order valence-electron chi connectivity index (χ1n) is 11.7. The Morgan fingerprint density at radius 1 is 1.23 bits per heavy atom. The Labute approximate surface area is 180 Å².